The first-order chi connectivity index (χ1) is 11.8. The van der Waals surface area contributed by atoms with Crippen LogP contribution in [0.4, 0.5) is 0 Å². The average Bonchev–Trinajstić information content (AvgIpc) is 3.54. The predicted molar refractivity (Wildman–Crippen MR) is 93.7 cm³/mol. The molecule has 2 aliphatic carbocycles. The molecular formula is C20H23N3O. The Morgan fingerprint density at radius 3 is 2.54 bits per heavy atom. The summed E-state index contributed by atoms with van der Waals surface area (Å²) in [5, 5.41) is 6.61. The summed E-state index contributed by atoms with van der Waals surface area (Å²) in [4.78, 5) is 16.2. The number of amides is 1. The number of aromatic nitrogens is 1. The summed E-state index contributed by atoms with van der Waals surface area (Å²) in [6.45, 7) is 1.70. The number of carbonyl (C=O) groups excluding carboxylic acids is 1. The minimum Gasteiger partial charge on any atom is -0.348 e. The Hall–Kier alpha value is -2.20. The monoisotopic (exact) mass is 321 g/mol. The molecule has 2 saturated carbocycles. The molecule has 0 radical (unpaired) electrons. The number of hydrogen-bond acceptors (Lipinski definition) is 3. The number of hydrogen-bond donors (Lipinski definition) is 2. The number of nitrogens with zero attached hydrogens (tertiary/aromatic N) is 1. The Morgan fingerprint density at radius 2 is 1.83 bits per heavy atom. The smallest absolute Gasteiger partial charge is 0.251 e. The molecule has 24 heavy (non-hydrogen) atoms. The van der Waals surface area contributed by atoms with Crippen LogP contribution in [0, 0.1) is 5.92 Å². The standard InChI is InChI=1S/C20H23N3O/c24-20(23-13-15-7-9-21-10-8-15)17-5-3-16(4-6-17)18-11-19(18)22-12-14-1-2-14/h3-10,14,18-19,22H,1-2,11-13H2,(H,23,24)/t18-,19+/m0/s1. The molecule has 1 aromatic carbocycles. The highest BCUT2D eigenvalue weighted by Crippen LogP contribution is 2.41. The Bertz CT molecular complexity index is 695. The number of rotatable bonds is 7. The van der Waals surface area contributed by atoms with E-state index in [-0.39, 0.29) is 5.91 Å². The first-order valence-electron chi connectivity index (χ1n) is 8.80. The molecule has 2 fully saturated rings. The SMILES string of the molecule is O=C(NCc1ccncc1)c1ccc([C@@H]2C[C@H]2NCC2CC2)cc1. The Morgan fingerprint density at radius 1 is 1.08 bits per heavy atom. The molecule has 2 atom stereocenters. The summed E-state index contributed by atoms with van der Waals surface area (Å²) in [5.41, 5.74) is 3.11. The lowest BCUT2D eigenvalue weighted by Crippen LogP contribution is -2.22. The lowest BCUT2D eigenvalue weighted by atomic mass is 10.1. The van der Waals surface area contributed by atoms with E-state index < -0.39 is 0 Å². The number of carbonyl (C=O) groups is 1. The summed E-state index contributed by atoms with van der Waals surface area (Å²) in [7, 11) is 0. The van der Waals surface area contributed by atoms with Gasteiger partial charge in [0.25, 0.3) is 5.91 Å². The van der Waals surface area contributed by atoms with Crippen molar-refractivity contribution >= 4 is 5.91 Å². The molecule has 1 heterocycles. The fraction of sp³-hybridized carbons (Fsp3) is 0.400. The number of nitrogens with one attached hydrogen (secondary N) is 2. The third-order valence-corrected chi connectivity index (χ3v) is 4.96. The van der Waals surface area contributed by atoms with Crippen LogP contribution in [-0.2, 0) is 6.54 Å². The summed E-state index contributed by atoms with van der Waals surface area (Å²) in [6.07, 6.45) is 7.49. The van der Waals surface area contributed by atoms with E-state index in [4.69, 9.17) is 0 Å². The summed E-state index contributed by atoms with van der Waals surface area (Å²) in [6, 6.07) is 12.5. The highest BCUT2D eigenvalue weighted by atomic mass is 16.1. The van der Waals surface area contributed by atoms with Crippen LogP contribution < -0.4 is 10.6 Å². The Kier molecular flexibility index (Phi) is 4.30. The van der Waals surface area contributed by atoms with Crippen molar-refractivity contribution in [3.8, 4) is 0 Å². The van der Waals surface area contributed by atoms with Crippen LogP contribution in [0.15, 0.2) is 48.8 Å². The molecule has 2 N–H and O–H groups in total. The van der Waals surface area contributed by atoms with Crippen molar-refractivity contribution in [1.82, 2.24) is 15.6 Å². The second-order valence-electron chi connectivity index (χ2n) is 6.96. The zero-order valence-electron chi connectivity index (χ0n) is 13.7. The van der Waals surface area contributed by atoms with E-state index in [1.165, 1.54) is 31.4 Å². The van der Waals surface area contributed by atoms with Crippen molar-refractivity contribution in [3.63, 3.8) is 0 Å². The quantitative estimate of drug-likeness (QED) is 0.824. The van der Waals surface area contributed by atoms with E-state index in [0.717, 1.165) is 17.0 Å². The summed E-state index contributed by atoms with van der Waals surface area (Å²) in [5.74, 6) is 1.52. The van der Waals surface area contributed by atoms with E-state index in [9.17, 15) is 4.79 Å². The molecule has 0 aliphatic heterocycles. The normalized spacial score (nSPS) is 22.2. The van der Waals surface area contributed by atoms with Gasteiger partial charge in [-0.3, -0.25) is 9.78 Å². The van der Waals surface area contributed by atoms with Gasteiger partial charge in [-0.2, -0.15) is 0 Å². The van der Waals surface area contributed by atoms with Crippen LogP contribution in [0.5, 0.6) is 0 Å². The van der Waals surface area contributed by atoms with Crippen molar-refractivity contribution in [2.24, 2.45) is 5.92 Å². The van der Waals surface area contributed by atoms with Crippen molar-refractivity contribution in [2.45, 2.75) is 37.8 Å². The molecule has 0 bridgehead atoms. The average molecular weight is 321 g/mol. The highest BCUT2D eigenvalue weighted by Gasteiger charge is 2.38. The maximum Gasteiger partial charge on any atom is 0.251 e. The molecule has 1 aromatic heterocycles. The fourth-order valence-electron chi connectivity index (χ4n) is 3.10. The van der Waals surface area contributed by atoms with Crippen molar-refractivity contribution < 1.29 is 4.79 Å². The first kappa shape index (κ1) is 15.3. The zero-order valence-corrected chi connectivity index (χ0v) is 13.7. The number of benzene rings is 1. The van der Waals surface area contributed by atoms with Crippen LogP contribution in [0.3, 0.4) is 0 Å². The molecule has 124 valence electrons. The summed E-state index contributed by atoms with van der Waals surface area (Å²) < 4.78 is 0. The summed E-state index contributed by atoms with van der Waals surface area (Å²) >= 11 is 0. The topological polar surface area (TPSA) is 54.0 Å². The lowest BCUT2D eigenvalue weighted by Gasteiger charge is -2.07. The van der Waals surface area contributed by atoms with Crippen LogP contribution >= 0.6 is 0 Å². The van der Waals surface area contributed by atoms with Gasteiger partial charge >= 0.3 is 0 Å². The number of pyridine rings is 1. The van der Waals surface area contributed by atoms with Crippen molar-refractivity contribution in [2.75, 3.05) is 6.54 Å². The highest BCUT2D eigenvalue weighted by molar-refractivity contribution is 5.94. The molecule has 4 rings (SSSR count). The van der Waals surface area contributed by atoms with Crippen LogP contribution in [0.1, 0.15) is 46.7 Å². The first-order valence-corrected chi connectivity index (χ1v) is 8.80. The Labute approximate surface area is 142 Å². The van der Waals surface area contributed by atoms with Gasteiger partial charge in [0.05, 0.1) is 0 Å². The van der Waals surface area contributed by atoms with Gasteiger partial charge in [0.15, 0.2) is 0 Å². The van der Waals surface area contributed by atoms with Gasteiger partial charge in [0.2, 0.25) is 0 Å². The maximum atomic E-state index is 12.2. The molecule has 2 aliphatic rings. The zero-order chi connectivity index (χ0) is 16.4. The maximum absolute atomic E-state index is 12.2. The van der Waals surface area contributed by atoms with Gasteiger partial charge < -0.3 is 10.6 Å². The van der Waals surface area contributed by atoms with E-state index in [0.29, 0.717) is 18.5 Å². The third-order valence-electron chi connectivity index (χ3n) is 4.96. The Balaban J connectivity index is 1.28. The fourth-order valence-corrected chi connectivity index (χ4v) is 3.10. The van der Waals surface area contributed by atoms with Crippen molar-refractivity contribution in [3.05, 3.63) is 65.5 Å². The van der Waals surface area contributed by atoms with Gasteiger partial charge in [0, 0.05) is 36.5 Å². The molecular weight excluding hydrogens is 298 g/mol. The predicted octanol–water partition coefficient (Wildman–Crippen LogP) is 2.87. The van der Waals surface area contributed by atoms with Crippen LogP contribution in [-0.4, -0.2) is 23.5 Å². The lowest BCUT2D eigenvalue weighted by molar-refractivity contribution is 0.0951. The van der Waals surface area contributed by atoms with Gasteiger partial charge in [-0.25, -0.2) is 0 Å². The molecule has 0 saturated heterocycles. The molecule has 0 spiro atoms. The van der Waals surface area contributed by atoms with E-state index in [2.05, 4.69) is 27.8 Å². The molecule has 0 unspecified atom stereocenters. The van der Waals surface area contributed by atoms with Gasteiger partial charge in [0.1, 0.15) is 0 Å². The third kappa shape index (κ3) is 3.82. The second kappa shape index (κ2) is 6.73. The second-order valence-corrected chi connectivity index (χ2v) is 6.96. The van der Waals surface area contributed by atoms with Crippen LogP contribution in [0.2, 0.25) is 0 Å². The molecule has 4 nitrogen and oxygen atoms in total. The minimum atomic E-state index is -0.0300. The minimum absolute atomic E-state index is 0.0300. The van der Waals surface area contributed by atoms with Crippen LogP contribution in [0.25, 0.3) is 0 Å². The van der Waals surface area contributed by atoms with E-state index in [1.54, 1.807) is 12.4 Å². The molecule has 4 heteroatoms. The molecule has 2 aromatic rings. The van der Waals surface area contributed by atoms with Gasteiger partial charge in [-0.05, 0) is 67.1 Å². The largest absolute Gasteiger partial charge is 0.348 e. The van der Waals surface area contributed by atoms with E-state index in [1.807, 2.05) is 24.3 Å². The van der Waals surface area contributed by atoms with Gasteiger partial charge in [-0.1, -0.05) is 12.1 Å². The van der Waals surface area contributed by atoms with Gasteiger partial charge in [-0.15, -0.1) is 0 Å². The van der Waals surface area contributed by atoms with Crippen molar-refractivity contribution in [1.29, 1.82) is 0 Å². The van der Waals surface area contributed by atoms with E-state index >= 15 is 0 Å². The molecule has 1 amide bonds.